The first-order valence-electron chi connectivity index (χ1n) is 4.10. The average molecular weight is 230 g/mol. The van der Waals surface area contributed by atoms with Gasteiger partial charge in [-0.2, -0.15) is 8.42 Å². The molecule has 82 valence electrons. The lowest BCUT2D eigenvalue weighted by Gasteiger charge is -2.19. The maximum atomic E-state index is 10.8. The molecule has 0 saturated carbocycles. The van der Waals surface area contributed by atoms with Gasteiger partial charge in [0.25, 0.3) is 10.1 Å². The molecule has 1 atom stereocenters. The molecule has 0 fully saturated rings. The fraction of sp³-hybridized carbons (Fsp3) is 0.250. The highest BCUT2D eigenvalue weighted by molar-refractivity contribution is 7.86. The summed E-state index contributed by atoms with van der Waals surface area (Å²) in [5, 5.41) is 1.85. The molecule has 0 heterocycles. The molecule has 0 radical (unpaired) electrons. The van der Waals surface area contributed by atoms with E-state index in [0.29, 0.717) is 10.7 Å². The van der Waals surface area contributed by atoms with Crippen LogP contribution in [0.25, 0.3) is 0 Å². The highest BCUT2D eigenvalue weighted by Crippen LogP contribution is 2.18. The van der Waals surface area contributed by atoms with Crippen molar-refractivity contribution >= 4 is 15.8 Å². The van der Waals surface area contributed by atoms with Gasteiger partial charge >= 0.3 is 0 Å². The van der Waals surface area contributed by atoms with E-state index in [2.05, 4.69) is 5.29 Å². The van der Waals surface area contributed by atoms with E-state index in [-0.39, 0.29) is 0 Å². The third kappa shape index (κ3) is 2.74. The topological polar surface area (TPSA) is 87.0 Å². The number of para-hydroxylation sites is 1. The van der Waals surface area contributed by atoms with E-state index in [1.807, 2.05) is 0 Å². The Balaban J connectivity index is 3.06. The fourth-order valence-electron chi connectivity index (χ4n) is 1.03. The van der Waals surface area contributed by atoms with Crippen LogP contribution in [-0.4, -0.2) is 18.3 Å². The second-order valence-electron chi connectivity index (χ2n) is 2.88. The van der Waals surface area contributed by atoms with Gasteiger partial charge in [-0.1, -0.05) is 18.2 Å². The van der Waals surface area contributed by atoms with Crippen molar-refractivity contribution in [2.24, 2.45) is 5.29 Å². The lowest BCUT2D eigenvalue weighted by atomic mass is 10.3. The van der Waals surface area contributed by atoms with Crippen molar-refractivity contribution < 1.29 is 13.0 Å². The van der Waals surface area contributed by atoms with Crippen molar-refractivity contribution in [3.63, 3.8) is 0 Å². The molecule has 0 spiro atoms. The van der Waals surface area contributed by atoms with Gasteiger partial charge in [0.05, 0.1) is 11.0 Å². The van der Waals surface area contributed by atoms with Crippen LogP contribution >= 0.6 is 0 Å². The minimum Gasteiger partial charge on any atom is -0.284 e. The lowest BCUT2D eigenvalue weighted by Crippen LogP contribution is -2.34. The van der Waals surface area contributed by atoms with E-state index in [9.17, 15) is 13.3 Å². The summed E-state index contributed by atoms with van der Waals surface area (Å²) >= 11 is 0. The van der Waals surface area contributed by atoms with Crippen LogP contribution in [0.1, 0.15) is 6.92 Å². The molecule has 0 aliphatic heterocycles. The number of benzene rings is 1. The average Bonchev–Trinajstić information content (AvgIpc) is 2.19. The predicted molar refractivity (Wildman–Crippen MR) is 55.7 cm³/mol. The van der Waals surface area contributed by atoms with E-state index in [4.69, 9.17) is 4.55 Å². The summed E-state index contributed by atoms with van der Waals surface area (Å²) in [6.45, 7) is 1.17. The molecule has 6 nitrogen and oxygen atoms in total. The Bertz CT molecular complexity index is 431. The third-order valence-electron chi connectivity index (χ3n) is 1.88. The van der Waals surface area contributed by atoms with E-state index < -0.39 is 15.5 Å². The summed E-state index contributed by atoms with van der Waals surface area (Å²) in [4.78, 5) is 10.5. The van der Waals surface area contributed by atoms with Crippen LogP contribution < -0.4 is 5.01 Å². The number of hydrogen-bond donors (Lipinski definition) is 1. The zero-order valence-corrected chi connectivity index (χ0v) is 8.76. The van der Waals surface area contributed by atoms with Gasteiger partial charge in [-0.25, -0.2) is 5.01 Å². The SMILES string of the molecule is CC(N(N=O)c1ccccc1)S(=O)(=O)O. The van der Waals surface area contributed by atoms with Crippen molar-refractivity contribution in [3.8, 4) is 0 Å². The molecule has 7 heteroatoms. The summed E-state index contributed by atoms with van der Waals surface area (Å²) in [6.07, 6.45) is 0. The minimum atomic E-state index is -4.33. The van der Waals surface area contributed by atoms with Gasteiger partial charge < -0.3 is 0 Å². The van der Waals surface area contributed by atoms with Crippen LogP contribution in [0.4, 0.5) is 5.69 Å². The zero-order chi connectivity index (χ0) is 11.5. The number of rotatable bonds is 4. The molecule has 1 aromatic rings. The second kappa shape index (κ2) is 4.37. The molecular formula is C8H10N2O4S. The van der Waals surface area contributed by atoms with Gasteiger partial charge in [0.15, 0.2) is 5.37 Å². The van der Waals surface area contributed by atoms with E-state index in [1.54, 1.807) is 18.2 Å². The Morgan fingerprint density at radius 1 is 1.33 bits per heavy atom. The second-order valence-corrected chi connectivity index (χ2v) is 4.59. The van der Waals surface area contributed by atoms with Crippen LogP contribution in [0.15, 0.2) is 35.6 Å². The Morgan fingerprint density at radius 3 is 2.27 bits per heavy atom. The third-order valence-corrected chi connectivity index (χ3v) is 2.95. The minimum absolute atomic E-state index is 0.303. The molecule has 0 aromatic heterocycles. The number of nitroso groups, excluding NO2 is 1. The first-order chi connectivity index (χ1) is 6.96. The molecular weight excluding hydrogens is 220 g/mol. The Hall–Kier alpha value is -1.47. The van der Waals surface area contributed by atoms with Crippen molar-refractivity contribution in [2.75, 3.05) is 5.01 Å². The van der Waals surface area contributed by atoms with Crippen molar-refractivity contribution in [3.05, 3.63) is 35.2 Å². The number of nitrogens with zero attached hydrogens (tertiary/aromatic N) is 2. The van der Waals surface area contributed by atoms with Crippen molar-refractivity contribution in [1.82, 2.24) is 0 Å². The highest BCUT2D eigenvalue weighted by Gasteiger charge is 2.26. The standard InChI is InChI=1S/C8H10N2O4S/c1-7(15(12,13)14)10(9-11)8-5-3-2-4-6-8/h2-7H,1H3,(H,12,13,14). The van der Waals surface area contributed by atoms with Crippen LogP contribution in [0.3, 0.4) is 0 Å². The Kier molecular flexibility index (Phi) is 3.38. The van der Waals surface area contributed by atoms with Gasteiger partial charge in [0.1, 0.15) is 0 Å². The number of anilines is 1. The summed E-state index contributed by atoms with van der Waals surface area (Å²) < 4.78 is 30.4. The molecule has 1 aromatic carbocycles. The zero-order valence-electron chi connectivity index (χ0n) is 7.94. The Morgan fingerprint density at radius 2 is 1.87 bits per heavy atom. The summed E-state index contributed by atoms with van der Waals surface area (Å²) in [5.41, 5.74) is 0.303. The molecule has 1 N–H and O–H groups in total. The maximum absolute atomic E-state index is 10.8. The van der Waals surface area contributed by atoms with Gasteiger partial charge in [-0.15, -0.1) is 4.91 Å². The Labute approximate surface area is 87.2 Å². The van der Waals surface area contributed by atoms with E-state index in [1.165, 1.54) is 19.1 Å². The molecule has 0 saturated heterocycles. The monoisotopic (exact) mass is 230 g/mol. The summed E-state index contributed by atoms with van der Waals surface area (Å²) in [6, 6.07) is 8.01. The van der Waals surface area contributed by atoms with Crippen LogP contribution in [0.2, 0.25) is 0 Å². The first kappa shape index (κ1) is 11.6. The van der Waals surface area contributed by atoms with Crippen molar-refractivity contribution in [2.45, 2.75) is 12.3 Å². The van der Waals surface area contributed by atoms with Crippen LogP contribution in [0.5, 0.6) is 0 Å². The largest absolute Gasteiger partial charge is 0.288 e. The number of hydrogen-bond acceptors (Lipinski definition) is 4. The molecule has 0 aliphatic rings. The van der Waals surface area contributed by atoms with Gasteiger partial charge in [0.2, 0.25) is 0 Å². The maximum Gasteiger partial charge on any atom is 0.288 e. The van der Waals surface area contributed by atoms with E-state index >= 15 is 0 Å². The smallest absolute Gasteiger partial charge is 0.284 e. The highest BCUT2D eigenvalue weighted by atomic mass is 32.2. The summed E-state index contributed by atoms with van der Waals surface area (Å²) in [7, 11) is -4.33. The quantitative estimate of drug-likeness (QED) is 0.480. The fourth-order valence-corrected chi connectivity index (χ4v) is 1.44. The first-order valence-corrected chi connectivity index (χ1v) is 5.61. The van der Waals surface area contributed by atoms with Crippen LogP contribution in [0, 0.1) is 4.91 Å². The molecule has 1 unspecified atom stereocenters. The van der Waals surface area contributed by atoms with Gasteiger partial charge in [0, 0.05) is 0 Å². The van der Waals surface area contributed by atoms with E-state index in [0.717, 1.165) is 0 Å². The van der Waals surface area contributed by atoms with Crippen LogP contribution in [-0.2, 0) is 10.1 Å². The lowest BCUT2D eigenvalue weighted by molar-refractivity contribution is 0.467. The molecule has 0 amide bonds. The normalized spacial score (nSPS) is 13.2. The molecule has 0 aliphatic carbocycles. The molecule has 1 rings (SSSR count). The predicted octanol–water partition coefficient (Wildman–Crippen LogP) is 1.41. The summed E-state index contributed by atoms with van der Waals surface area (Å²) in [5.74, 6) is 0. The molecule has 0 bridgehead atoms. The van der Waals surface area contributed by atoms with Gasteiger partial charge in [-0.05, 0) is 19.1 Å². The van der Waals surface area contributed by atoms with Crippen molar-refractivity contribution in [1.29, 1.82) is 0 Å². The van der Waals surface area contributed by atoms with Gasteiger partial charge in [-0.3, -0.25) is 4.55 Å². The molecule has 15 heavy (non-hydrogen) atoms.